The second-order valence-electron chi connectivity index (χ2n) is 6.72. The first-order chi connectivity index (χ1) is 14.0. The van der Waals surface area contributed by atoms with Crippen molar-refractivity contribution in [2.45, 2.75) is 24.8 Å². The monoisotopic (exact) mass is 437 g/mol. The molecule has 1 unspecified atom stereocenters. The van der Waals surface area contributed by atoms with Gasteiger partial charge in [-0.2, -0.15) is 26.3 Å². The molecule has 1 atom stereocenters. The Morgan fingerprint density at radius 2 is 1.43 bits per heavy atom. The van der Waals surface area contributed by atoms with Crippen molar-refractivity contribution in [1.82, 2.24) is 10.6 Å². The van der Waals surface area contributed by atoms with Gasteiger partial charge in [-0.3, -0.25) is 0 Å². The van der Waals surface area contributed by atoms with Crippen molar-refractivity contribution >= 4 is 0 Å². The van der Waals surface area contributed by atoms with E-state index in [-0.39, 0.29) is 30.4 Å². The van der Waals surface area contributed by atoms with E-state index < -0.39 is 23.5 Å². The zero-order valence-electron chi connectivity index (χ0n) is 15.9. The lowest BCUT2D eigenvalue weighted by atomic mass is 10.0. The standard InChI is InChI=1S/C10H9F6N.C10H13FN2/c11-9(12,13)7-3-6(1-2-17)4-8(5-7)10(14,15)16;11-9-3-1-8(2-4-9)10-7-12-5-6-13-10/h3-5H,1-2,17H2;1-4,10,12-13H,5-7H2. The molecule has 1 heterocycles. The third-order valence-corrected chi connectivity index (χ3v) is 4.39. The highest BCUT2D eigenvalue weighted by molar-refractivity contribution is 5.33. The molecule has 3 rings (SSSR count). The fraction of sp³-hybridized carbons (Fsp3) is 0.400. The molecule has 30 heavy (non-hydrogen) atoms. The van der Waals surface area contributed by atoms with Gasteiger partial charge in [-0.15, -0.1) is 0 Å². The van der Waals surface area contributed by atoms with Gasteiger partial charge in [0, 0.05) is 25.7 Å². The molecule has 1 aliphatic rings. The highest BCUT2D eigenvalue weighted by Crippen LogP contribution is 2.36. The van der Waals surface area contributed by atoms with Crippen LogP contribution < -0.4 is 16.4 Å². The van der Waals surface area contributed by atoms with Crippen LogP contribution in [0.2, 0.25) is 0 Å². The van der Waals surface area contributed by atoms with Crippen LogP contribution >= 0.6 is 0 Å². The lowest BCUT2D eigenvalue weighted by Gasteiger charge is -2.24. The number of hydrogen-bond donors (Lipinski definition) is 3. The van der Waals surface area contributed by atoms with E-state index >= 15 is 0 Å². The van der Waals surface area contributed by atoms with Crippen molar-refractivity contribution in [2.75, 3.05) is 26.2 Å². The van der Waals surface area contributed by atoms with E-state index in [1.807, 2.05) is 12.1 Å². The van der Waals surface area contributed by atoms with Crippen LogP contribution in [0.4, 0.5) is 30.7 Å². The van der Waals surface area contributed by atoms with Crippen LogP contribution in [0.1, 0.15) is 28.3 Å². The summed E-state index contributed by atoms with van der Waals surface area (Å²) < 4.78 is 86.9. The summed E-state index contributed by atoms with van der Waals surface area (Å²) in [7, 11) is 0. The predicted octanol–water partition coefficient (Wildman–Crippen LogP) is 4.29. The molecular weight excluding hydrogens is 415 g/mol. The van der Waals surface area contributed by atoms with Gasteiger partial charge in [0.15, 0.2) is 0 Å². The molecule has 0 spiro atoms. The van der Waals surface area contributed by atoms with Crippen molar-refractivity contribution in [3.05, 3.63) is 70.5 Å². The molecular formula is C20H22F7N3. The van der Waals surface area contributed by atoms with Gasteiger partial charge in [0.2, 0.25) is 0 Å². The Morgan fingerprint density at radius 1 is 0.867 bits per heavy atom. The van der Waals surface area contributed by atoms with Crippen molar-refractivity contribution < 1.29 is 30.7 Å². The van der Waals surface area contributed by atoms with Gasteiger partial charge < -0.3 is 16.4 Å². The van der Waals surface area contributed by atoms with Crippen LogP contribution in [0.25, 0.3) is 0 Å². The third kappa shape index (κ3) is 7.26. The summed E-state index contributed by atoms with van der Waals surface area (Å²) >= 11 is 0. The van der Waals surface area contributed by atoms with E-state index in [4.69, 9.17) is 5.73 Å². The van der Waals surface area contributed by atoms with Gasteiger partial charge in [0.1, 0.15) is 5.82 Å². The SMILES string of the molecule is Fc1ccc(C2CNCCN2)cc1.NCCc1cc(C(F)(F)F)cc(C(F)(F)F)c1. The van der Waals surface area contributed by atoms with Crippen LogP contribution in [0.5, 0.6) is 0 Å². The molecule has 166 valence electrons. The molecule has 10 heteroatoms. The minimum atomic E-state index is -4.80. The molecule has 2 aromatic carbocycles. The Bertz CT molecular complexity index is 763. The van der Waals surface area contributed by atoms with Gasteiger partial charge in [0.05, 0.1) is 11.1 Å². The first-order valence-electron chi connectivity index (χ1n) is 9.18. The summed E-state index contributed by atoms with van der Waals surface area (Å²) in [5.41, 5.74) is 3.57. The lowest BCUT2D eigenvalue weighted by Crippen LogP contribution is -2.42. The zero-order valence-corrected chi connectivity index (χ0v) is 15.9. The Morgan fingerprint density at radius 3 is 1.87 bits per heavy atom. The first kappa shape index (κ1) is 24.1. The van der Waals surface area contributed by atoms with Crippen LogP contribution in [0.15, 0.2) is 42.5 Å². The summed E-state index contributed by atoms with van der Waals surface area (Å²) in [4.78, 5) is 0. The van der Waals surface area contributed by atoms with Gasteiger partial charge in [-0.1, -0.05) is 12.1 Å². The second kappa shape index (κ2) is 10.2. The maximum absolute atomic E-state index is 12.6. The van der Waals surface area contributed by atoms with Crippen molar-refractivity contribution in [3.8, 4) is 0 Å². The molecule has 0 radical (unpaired) electrons. The molecule has 1 saturated heterocycles. The van der Waals surface area contributed by atoms with Crippen molar-refractivity contribution in [1.29, 1.82) is 0 Å². The summed E-state index contributed by atoms with van der Waals surface area (Å²) in [6.45, 7) is 2.89. The summed E-state index contributed by atoms with van der Waals surface area (Å²) in [5, 5.41) is 6.66. The number of nitrogens with two attached hydrogens (primary N) is 1. The number of alkyl halides is 6. The van der Waals surface area contributed by atoms with Crippen molar-refractivity contribution in [2.24, 2.45) is 5.73 Å². The maximum Gasteiger partial charge on any atom is 0.416 e. The van der Waals surface area contributed by atoms with E-state index in [1.165, 1.54) is 12.1 Å². The Labute approximate surface area is 169 Å². The number of rotatable bonds is 3. The number of halogens is 7. The van der Waals surface area contributed by atoms with Gasteiger partial charge >= 0.3 is 12.4 Å². The molecule has 2 aromatic rings. The number of nitrogens with one attached hydrogen (secondary N) is 2. The Balaban J connectivity index is 0.000000220. The summed E-state index contributed by atoms with van der Waals surface area (Å²) in [5.74, 6) is -0.174. The average molecular weight is 437 g/mol. The number of hydrogen-bond acceptors (Lipinski definition) is 3. The van der Waals surface area contributed by atoms with E-state index in [9.17, 15) is 30.7 Å². The van der Waals surface area contributed by atoms with Gasteiger partial charge in [0.25, 0.3) is 0 Å². The van der Waals surface area contributed by atoms with E-state index in [1.54, 1.807) is 0 Å². The maximum atomic E-state index is 12.6. The normalized spacial score (nSPS) is 17.3. The number of piperazine rings is 1. The molecule has 0 aliphatic carbocycles. The van der Waals surface area contributed by atoms with Crippen LogP contribution in [-0.4, -0.2) is 26.2 Å². The molecule has 3 nitrogen and oxygen atoms in total. The highest BCUT2D eigenvalue weighted by Gasteiger charge is 2.36. The zero-order chi connectivity index (χ0) is 22.4. The van der Waals surface area contributed by atoms with Crippen LogP contribution in [-0.2, 0) is 18.8 Å². The van der Waals surface area contributed by atoms with Crippen molar-refractivity contribution in [3.63, 3.8) is 0 Å². The van der Waals surface area contributed by atoms with Gasteiger partial charge in [-0.25, -0.2) is 4.39 Å². The third-order valence-electron chi connectivity index (χ3n) is 4.39. The minimum absolute atomic E-state index is 0.0153. The van der Waals surface area contributed by atoms with E-state index in [2.05, 4.69) is 10.6 Å². The fourth-order valence-corrected chi connectivity index (χ4v) is 2.91. The summed E-state index contributed by atoms with van der Waals surface area (Å²) in [6.07, 6.45) is -9.64. The Hall–Kier alpha value is -2.17. The molecule has 1 aliphatic heterocycles. The summed E-state index contributed by atoms with van der Waals surface area (Å²) in [6, 6.07) is 8.47. The average Bonchev–Trinajstić information content (AvgIpc) is 2.68. The van der Waals surface area contributed by atoms with E-state index in [0.717, 1.165) is 25.2 Å². The topological polar surface area (TPSA) is 50.1 Å². The molecule has 4 N–H and O–H groups in total. The highest BCUT2D eigenvalue weighted by atomic mass is 19.4. The van der Waals surface area contributed by atoms with Crippen LogP contribution in [0, 0.1) is 5.82 Å². The predicted molar refractivity (Wildman–Crippen MR) is 99.2 cm³/mol. The quantitative estimate of drug-likeness (QED) is 0.629. The van der Waals surface area contributed by atoms with E-state index in [0.29, 0.717) is 18.2 Å². The first-order valence-corrected chi connectivity index (χ1v) is 9.18. The second-order valence-corrected chi connectivity index (χ2v) is 6.72. The molecule has 0 saturated carbocycles. The lowest BCUT2D eigenvalue weighted by molar-refractivity contribution is -0.143. The molecule has 1 fully saturated rings. The minimum Gasteiger partial charge on any atom is -0.330 e. The Kier molecular flexibility index (Phi) is 8.22. The smallest absolute Gasteiger partial charge is 0.330 e. The fourth-order valence-electron chi connectivity index (χ4n) is 2.91. The van der Waals surface area contributed by atoms with Crippen LogP contribution in [0.3, 0.4) is 0 Å². The molecule has 0 bridgehead atoms. The number of benzene rings is 2. The van der Waals surface area contributed by atoms with Gasteiger partial charge in [-0.05, 0) is 54.4 Å². The molecule has 0 aromatic heterocycles. The molecule has 0 amide bonds. The largest absolute Gasteiger partial charge is 0.416 e.